The van der Waals surface area contributed by atoms with E-state index in [1.807, 2.05) is 18.2 Å². The molecule has 0 saturated carbocycles. The van der Waals surface area contributed by atoms with Crippen LogP contribution in [0.25, 0.3) is 0 Å². The number of benzene rings is 1. The molecule has 2 saturated heterocycles. The summed E-state index contributed by atoms with van der Waals surface area (Å²) >= 11 is 0. The van der Waals surface area contributed by atoms with Gasteiger partial charge in [-0.25, -0.2) is 4.39 Å². The van der Waals surface area contributed by atoms with E-state index in [0.717, 1.165) is 19.6 Å². The number of likely N-dealkylation sites (tertiary alicyclic amines) is 1. The maximum absolute atomic E-state index is 14.3. The summed E-state index contributed by atoms with van der Waals surface area (Å²) in [6.45, 7) is 3.09. The minimum atomic E-state index is -0.977. The molecular formula is C13H17FN2. The van der Waals surface area contributed by atoms with Crippen LogP contribution in [0.15, 0.2) is 30.3 Å². The van der Waals surface area contributed by atoms with E-state index in [9.17, 15) is 4.39 Å². The molecule has 0 unspecified atom stereocenters. The summed E-state index contributed by atoms with van der Waals surface area (Å²) < 4.78 is 14.3. The monoisotopic (exact) mass is 220 g/mol. The predicted molar refractivity (Wildman–Crippen MR) is 62.0 cm³/mol. The van der Waals surface area contributed by atoms with Gasteiger partial charge in [0.2, 0.25) is 0 Å². The van der Waals surface area contributed by atoms with Gasteiger partial charge in [-0.3, -0.25) is 4.90 Å². The van der Waals surface area contributed by atoms with Crippen LogP contribution in [-0.2, 0) is 6.54 Å². The predicted octanol–water partition coefficient (Wildman–Crippen LogP) is 1.57. The largest absolute Gasteiger partial charge is 0.312 e. The first-order valence-corrected chi connectivity index (χ1v) is 5.96. The molecule has 0 radical (unpaired) electrons. The molecule has 3 heteroatoms. The summed E-state index contributed by atoms with van der Waals surface area (Å²) in [4.78, 5) is 2.27. The summed E-state index contributed by atoms with van der Waals surface area (Å²) in [6, 6.07) is 10.4. The highest BCUT2D eigenvalue weighted by Crippen LogP contribution is 2.35. The lowest BCUT2D eigenvalue weighted by Crippen LogP contribution is -2.40. The number of halogens is 1. The van der Waals surface area contributed by atoms with Crippen molar-refractivity contribution < 1.29 is 4.39 Å². The van der Waals surface area contributed by atoms with Crippen LogP contribution < -0.4 is 5.32 Å². The van der Waals surface area contributed by atoms with E-state index in [2.05, 4.69) is 22.3 Å². The molecule has 2 nitrogen and oxygen atoms in total. The highest BCUT2D eigenvalue weighted by Gasteiger charge is 2.50. The third kappa shape index (κ3) is 1.64. The molecular weight excluding hydrogens is 203 g/mol. The third-order valence-electron chi connectivity index (χ3n) is 3.84. The number of fused-ring (bicyclic) bond motifs is 1. The molecule has 0 spiro atoms. The van der Waals surface area contributed by atoms with E-state index >= 15 is 0 Å². The summed E-state index contributed by atoms with van der Waals surface area (Å²) in [6.07, 6.45) is 0.678. The van der Waals surface area contributed by atoms with E-state index < -0.39 is 5.67 Å². The van der Waals surface area contributed by atoms with Crippen LogP contribution in [0, 0.1) is 0 Å². The molecule has 3 rings (SSSR count). The van der Waals surface area contributed by atoms with E-state index in [1.165, 1.54) is 5.56 Å². The van der Waals surface area contributed by atoms with Crippen molar-refractivity contribution >= 4 is 0 Å². The van der Waals surface area contributed by atoms with Gasteiger partial charge in [0.1, 0.15) is 5.67 Å². The molecule has 0 aliphatic carbocycles. The van der Waals surface area contributed by atoms with Gasteiger partial charge in [-0.15, -0.1) is 0 Å². The Morgan fingerprint density at radius 1 is 1.38 bits per heavy atom. The van der Waals surface area contributed by atoms with Crippen LogP contribution >= 0.6 is 0 Å². The molecule has 1 aromatic carbocycles. The first kappa shape index (κ1) is 10.2. The minimum absolute atomic E-state index is 0.0766. The smallest absolute Gasteiger partial charge is 0.141 e. The average Bonchev–Trinajstić information content (AvgIpc) is 2.80. The van der Waals surface area contributed by atoms with Crippen molar-refractivity contribution in [3.8, 4) is 0 Å². The number of hydrogen-bond donors (Lipinski definition) is 1. The number of nitrogens with one attached hydrogen (secondary N) is 1. The SMILES string of the molecule is F[C@]12CCN(Cc3ccccc3)[C@H]1CNC2. The fourth-order valence-electron chi connectivity index (χ4n) is 2.92. The van der Waals surface area contributed by atoms with Crippen molar-refractivity contribution in [1.29, 1.82) is 0 Å². The third-order valence-corrected chi connectivity index (χ3v) is 3.84. The van der Waals surface area contributed by atoms with Gasteiger partial charge in [0.05, 0.1) is 6.04 Å². The zero-order valence-corrected chi connectivity index (χ0v) is 9.32. The average molecular weight is 220 g/mol. The Morgan fingerprint density at radius 3 is 3.00 bits per heavy atom. The van der Waals surface area contributed by atoms with Gasteiger partial charge < -0.3 is 5.32 Å². The molecule has 0 amide bonds. The van der Waals surface area contributed by atoms with Gasteiger partial charge in [-0.05, 0) is 12.0 Å². The van der Waals surface area contributed by atoms with Crippen LogP contribution in [0.5, 0.6) is 0 Å². The Bertz CT molecular complexity index is 367. The number of nitrogens with zero attached hydrogens (tertiary/aromatic N) is 1. The zero-order chi connectivity index (χ0) is 11.0. The number of alkyl halides is 1. The van der Waals surface area contributed by atoms with Gasteiger partial charge in [0.15, 0.2) is 0 Å². The molecule has 2 heterocycles. The quantitative estimate of drug-likeness (QED) is 0.814. The second-order valence-corrected chi connectivity index (χ2v) is 4.89. The first-order valence-electron chi connectivity index (χ1n) is 5.96. The highest BCUT2D eigenvalue weighted by molar-refractivity contribution is 5.16. The maximum atomic E-state index is 14.3. The van der Waals surface area contributed by atoms with Crippen LogP contribution in [0.3, 0.4) is 0 Å². The van der Waals surface area contributed by atoms with Crippen LogP contribution in [0.4, 0.5) is 4.39 Å². The Morgan fingerprint density at radius 2 is 2.19 bits per heavy atom. The molecule has 0 aromatic heterocycles. The fourth-order valence-corrected chi connectivity index (χ4v) is 2.92. The van der Waals surface area contributed by atoms with Crippen LogP contribution in [-0.4, -0.2) is 36.2 Å². The molecule has 2 aliphatic heterocycles. The van der Waals surface area contributed by atoms with Gasteiger partial charge in [-0.2, -0.15) is 0 Å². The lowest BCUT2D eigenvalue weighted by Gasteiger charge is -2.25. The van der Waals surface area contributed by atoms with E-state index in [4.69, 9.17) is 0 Å². The van der Waals surface area contributed by atoms with Crippen molar-refractivity contribution in [2.24, 2.45) is 0 Å². The first-order chi connectivity index (χ1) is 7.78. The van der Waals surface area contributed by atoms with Gasteiger partial charge in [0.25, 0.3) is 0 Å². The molecule has 1 N–H and O–H groups in total. The van der Waals surface area contributed by atoms with E-state index in [0.29, 0.717) is 13.0 Å². The molecule has 1 aromatic rings. The Kier molecular flexibility index (Phi) is 2.45. The Balaban J connectivity index is 1.73. The van der Waals surface area contributed by atoms with Crippen LogP contribution in [0.1, 0.15) is 12.0 Å². The molecule has 2 fully saturated rings. The van der Waals surface area contributed by atoms with E-state index in [-0.39, 0.29) is 6.04 Å². The summed E-state index contributed by atoms with van der Waals surface area (Å²) in [7, 11) is 0. The normalized spacial score (nSPS) is 34.2. The van der Waals surface area contributed by atoms with Crippen LogP contribution in [0.2, 0.25) is 0 Å². The molecule has 86 valence electrons. The fraction of sp³-hybridized carbons (Fsp3) is 0.538. The Hall–Kier alpha value is -0.930. The molecule has 2 atom stereocenters. The van der Waals surface area contributed by atoms with Gasteiger partial charge in [0, 0.05) is 26.2 Å². The Labute approximate surface area is 95.4 Å². The van der Waals surface area contributed by atoms with E-state index in [1.54, 1.807) is 0 Å². The summed E-state index contributed by atoms with van der Waals surface area (Å²) in [5.41, 5.74) is 0.299. The standard InChI is InChI=1S/C13H17FN2/c14-13-6-7-16(12(13)8-15-10-13)9-11-4-2-1-3-5-11/h1-5,12,15H,6-10H2/t12-,13-/m0/s1. The second-order valence-electron chi connectivity index (χ2n) is 4.89. The lowest BCUT2D eigenvalue weighted by atomic mass is 10.0. The lowest BCUT2D eigenvalue weighted by molar-refractivity contribution is 0.137. The summed E-state index contributed by atoms with van der Waals surface area (Å²) in [5, 5.41) is 3.16. The summed E-state index contributed by atoms with van der Waals surface area (Å²) in [5.74, 6) is 0. The van der Waals surface area contributed by atoms with Crippen molar-refractivity contribution in [2.75, 3.05) is 19.6 Å². The topological polar surface area (TPSA) is 15.3 Å². The van der Waals surface area contributed by atoms with Crippen molar-refractivity contribution in [2.45, 2.75) is 24.7 Å². The minimum Gasteiger partial charge on any atom is -0.312 e. The van der Waals surface area contributed by atoms with Gasteiger partial charge in [-0.1, -0.05) is 30.3 Å². The number of hydrogen-bond acceptors (Lipinski definition) is 2. The van der Waals surface area contributed by atoms with Crippen molar-refractivity contribution in [3.63, 3.8) is 0 Å². The molecule has 16 heavy (non-hydrogen) atoms. The second kappa shape index (κ2) is 3.82. The maximum Gasteiger partial charge on any atom is 0.141 e. The number of rotatable bonds is 2. The zero-order valence-electron chi connectivity index (χ0n) is 9.32. The van der Waals surface area contributed by atoms with Crippen molar-refractivity contribution in [3.05, 3.63) is 35.9 Å². The molecule has 0 bridgehead atoms. The molecule has 2 aliphatic rings. The van der Waals surface area contributed by atoms with Gasteiger partial charge >= 0.3 is 0 Å². The highest BCUT2D eigenvalue weighted by atomic mass is 19.1. The van der Waals surface area contributed by atoms with Crippen molar-refractivity contribution in [1.82, 2.24) is 10.2 Å².